The lowest BCUT2D eigenvalue weighted by molar-refractivity contribution is 0.356. The number of anilines is 1. The number of aryl methyl sites for hydroxylation is 2. The summed E-state index contributed by atoms with van der Waals surface area (Å²) in [4.78, 5) is 0. The highest BCUT2D eigenvalue weighted by Crippen LogP contribution is 2.28. The molecule has 0 fully saturated rings. The molecule has 0 radical (unpaired) electrons. The second-order valence-electron chi connectivity index (χ2n) is 5.85. The maximum absolute atomic E-state index is 6.07. The molecule has 2 rings (SSSR count). The fraction of sp³-hybridized carbons (Fsp3) is 0.400. The number of nitrogen functional groups attached to an aromatic ring is 1. The minimum absolute atomic E-state index is 0.0495. The van der Waals surface area contributed by atoms with Gasteiger partial charge < -0.3 is 5.73 Å². The zero-order chi connectivity index (χ0) is 13.5. The fourth-order valence-corrected chi connectivity index (χ4v) is 1.84. The van der Waals surface area contributed by atoms with Gasteiger partial charge in [0.1, 0.15) is 5.69 Å². The molecule has 0 unspecified atom stereocenters. The molecule has 0 aliphatic carbocycles. The van der Waals surface area contributed by atoms with E-state index in [-0.39, 0.29) is 5.54 Å². The van der Waals surface area contributed by atoms with E-state index in [1.54, 1.807) is 0 Å². The lowest BCUT2D eigenvalue weighted by atomic mass is 10.0. The summed E-state index contributed by atoms with van der Waals surface area (Å²) in [7, 11) is 0. The van der Waals surface area contributed by atoms with Gasteiger partial charge in [0.15, 0.2) is 0 Å². The van der Waals surface area contributed by atoms with Crippen LogP contribution in [0, 0.1) is 13.8 Å². The first-order valence-corrected chi connectivity index (χ1v) is 6.22. The normalized spacial score (nSPS) is 11.8. The summed E-state index contributed by atoms with van der Waals surface area (Å²) in [5.41, 5.74) is 11.3. The predicted molar refractivity (Wildman–Crippen MR) is 76.5 cm³/mol. The van der Waals surface area contributed by atoms with Crippen LogP contribution in [0.15, 0.2) is 24.4 Å². The van der Waals surface area contributed by atoms with Crippen LogP contribution >= 0.6 is 0 Å². The van der Waals surface area contributed by atoms with Gasteiger partial charge in [-0.05, 0) is 51.8 Å². The molecular formula is C15H21N3. The Kier molecular flexibility index (Phi) is 2.93. The van der Waals surface area contributed by atoms with Crippen LogP contribution < -0.4 is 5.73 Å². The van der Waals surface area contributed by atoms with E-state index < -0.39 is 0 Å². The van der Waals surface area contributed by atoms with Crippen molar-refractivity contribution in [2.24, 2.45) is 0 Å². The third-order valence-corrected chi connectivity index (χ3v) is 3.21. The SMILES string of the molecule is Cc1ccc(-c2nn(C(C)(C)C)cc2N)cc1C. The van der Waals surface area contributed by atoms with Gasteiger partial charge in [-0.25, -0.2) is 0 Å². The van der Waals surface area contributed by atoms with Gasteiger partial charge in [-0.2, -0.15) is 5.10 Å². The van der Waals surface area contributed by atoms with Gasteiger partial charge in [-0.1, -0.05) is 12.1 Å². The smallest absolute Gasteiger partial charge is 0.115 e. The van der Waals surface area contributed by atoms with E-state index in [1.165, 1.54) is 11.1 Å². The molecule has 0 aliphatic rings. The van der Waals surface area contributed by atoms with Gasteiger partial charge in [0.05, 0.1) is 11.2 Å². The zero-order valence-electron chi connectivity index (χ0n) is 11.8. The molecule has 1 aromatic heterocycles. The molecule has 18 heavy (non-hydrogen) atoms. The number of nitrogens with zero attached hydrogens (tertiary/aromatic N) is 2. The van der Waals surface area contributed by atoms with Crippen LogP contribution in [0.3, 0.4) is 0 Å². The zero-order valence-corrected chi connectivity index (χ0v) is 11.8. The second kappa shape index (κ2) is 4.16. The van der Waals surface area contributed by atoms with Gasteiger partial charge in [-0.15, -0.1) is 0 Å². The van der Waals surface area contributed by atoms with Crippen LogP contribution in [0.25, 0.3) is 11.3 Å². The number of rotatable bonds is 1. The quantitative estimate of drug-likeness (QED) is 0.833. The van der Waals surface area contributed by atoms with Crippen molar-refractivity contribution < 1.29 is 0 Å². The molecule has 2 N–H and O–H groups in total. The Bertz CT molecular complexity index is 574. The van der Waals surface area contributed by atoms with E-state index in [2.05, 4.69) is 57.9 Å². The van der Waals surface area contributed by atoms with Crippen LogP contribution in [0.4, 0.5) is 5.69 Å². The van der Waals surface area contributed by atoms with E-state index in [0.717, 1.165) is 16.9 Å². The van der Waals surface area contributed by atoms with Crippen molar-refractivity contribution in [1.29, 1.82) is 0 Å². The molecule has 0 bridgehead atoms. The second-order valence-corrected chi connectivity index (χ2v) is 5.85. The molecular weight excluding hydrogens is 222 g/mol. The maximum Gasteiger partial charge on any atom is 0.115 e. The number of aromatic nitrogens is 2. The third kappa shape index (κ3) is 2.26. The topological polar surface area (TPSA) is 43.8 Å². The Morgan fingerprint density at radius 1 is 1.11 bits per heavy atom. The van der Waals surface area contributed by atoms with Gasteiger partial charge in [-0.3, -0.25) is 4.68 Å². The first kappa shape index (κ1) is 12.7. The summed E-state index contributed by atoms with van der Waals surface area (Å²) >= 11 is 0. The number of benzene rings is 1. The summed E-state index contributed by atoms with van der Waals surface area (Å²) in [5, 5.41) is 4.61. The third-order valence-electron chi connectivity index (χ3n) is 3.21. The van der Waals surface area contributed by atoms with Crippen molar-refractivity contribution >= 4 is 5.69 Å². The van der Waals surface area contributed by atoms with E-state index in [0.29, 0.717) is 0 Å². The summed E-state index contributed by atoms with van der Waals surface area (Å²) < 4.78 is 1.92. The van der Waals surface area contributed by atoms with Crippen molar-refractivity contribution in [1.82, 2.24) is 9.78 Å². The van der Waals surface area contributed by atoms with E-state index in [1.807, 2.05) is 10.9 Å². The molecule has 0 amide bonds. The fourth-order valence-electron chi connectivity index (χ4n) is 1.84. The van der Waals surface area contributed by atoms with Crippen molar-refractivity contribution in [3.63, 3.8) is 0 Å². The van der Waals surface area contributed by atoms with E-state index in [9.17, 15) is 0 Å². The summed E-state index contributed by atoms with van der Waals surface area (Å²) in [6.45, 7) is 10.6. The lowest BCUT2D eigenvalue weighted by Crippen LogP contribution is -2.22. The lowest BCUT2D eigenvalue weighted by Gasteiger charge is -2.18. The monoisotopic (exact) mass is 243 g/mol. The van der Waals surface area contributed by atoms with Gasteiger partial charge in [0.2, 0.25) is 0 Å². The van der Waals surface area contributed by atoms with Gasteiger partial charge in [0, 0.05) is 11.8 Å². The first-order chi connectivity index (χ1) is 8.29. The molecule has 0 saturated carbocycles. The molecule has 0 aliphatic heterocycles. The first-order valence-electron chi connectivity index (χ1n) is 6.22. The van der Waals surface area contributed by atoms with Crippen LogP contribution in [0.1, 0.15) is 31.9 Å². The number of nitrogens with two attached hydrogens (primary N) is 1. The van der Waals surface area contributed by atoms with Crippen molar-refractivity contribution in [3.05, 3.63) is 35.5 Å². The molecule has 3 heteroatoms. The highest BCUT2D eigenvalue weighted by atomic mass is 15.3. The number of hydrogen-bond acceptors (Lipinski definition) is 2. The van der Waals surface area contributed by atoms with E-state index in [4.69, 9.17) is 5.73 Å². The average Bonchev–Trinajstić information content (AvgIpc) is 2.64. The molecule has 2 aromatic rings. The molecule has 0 atom stereocenters. The molecule has 0 saturated heterocycles. The molecule has 96 valence electrons. The van der Waals surface area contributed by atoms with Crippen molar-refractivity contribution in [2.45, 2.75) is 40.2 Å². The predicted octanol–water partition coefficient (Wildman–Crippen LogP) is 3.50. The Balaban J connectivity index is 2.51. The molecule has 1 heterocycles. The van der Waals surface area contributed by atoms with Crippen LogP contribution in [-0.2, 0) is 5.54 Å². The standard InChI is InChI=1S/C15H21N3/c1-10-6-7-12(8-11(10)2)14-13(16)9-18(17-14)15(3,4)5/h6-9H,16H2,1-5H3. The Morgan fingerprint density at radius 2 is 1.78 bits per heavy atom. The Hall–Kier alpha value is -1.77. The van der Waals surface area contributed by atoms with Crippen molar-refractivity contribution in [2.75, 3.05) is 5.73 Å². The van der Waals surface area contributed by atoms with Gasteiger partial charge in [0.25, 0.3) is 0 Å². The summed E-state index contributed by atoms with van der Waals surface area (Å²) in [5.74, 6) is 0. The average molecular weight is 243 g/mol. The highest BCUT2D eigenvalue weighted by Gasteiger charge is 2.17. The number of hydrogen-bond donors (Lipinski definition) is 1. The summed E-state index contributed by atoms with van der Waals surface area (Å²) in [6.07, 6.45) is 1.91. The largest absolute Gasteiger partial charge is 0.396 e. The minimum atomic E-state index is -0.0495. The molecule has 3 nitrogen and oxygen atoms in total. The van der Waals surface area contributed by atoms with Crippen LogP contribution in [0.5, 0.6) is 0 Å². The highest BCUT2D eigenvalue weighted by molar-refractivity contribution is 5.72. The maximum atomic E-state index is 6.07. The molecule has 0 spiro atoms. The van der Waals surface area contributed by atoms with E-state index >= 15 is 0 Å². The summed E-state index contributed by atoms with van der Waals surface area (Å²) in [6, 6.07) is 6.33. The van der Waals surface area contributed by atoms with Gasteiger partial charge >= 0.3 is 0 Å². The van der Waals surface area contributed by atoms with Crippen molar-refractivity contribution in [3.8, 4) is 11.3 Å². The Morgan fingerprint density at radius 3 is 2.28 bits per heavy atom. The Labute approximate surface area is 109 Å². The minimum Gasteiger partial charge on any atom is -0.396 e. The molecule has 1 aromatic carbocycles. The van der Waals surface area contributed by atoms with Crippen LogP contribution in [0.2, 0.25) is 0 Å². The van der Waals surface area contributed by atoms with Crippen LogP contribution in [-0.4, -0.2) is 9.78 Å².